The van der Waals surface area contributed by atoms with Crippen LogP contribution in [0.1, 0.15) is 0 Å². The first-order chi connectivity index (χ1) is 23.8. The van der Waals surface area contributed by atoms with Gasteiger partial charge in [0.05, 0.1) is 0 Å². The summed E-state index contributed by atoms with van der Waals surface area (Å²) in [7, 11) is 0. The van der Waals surface area contributed by atoms with Gasteiger partial charge < -0.3 is 9.32 Å². The molecule has 9 rings (SSSR count). The van der Waals surface area contributed by atoms with Crippen LogP contribution in [-0.4, -0.2) is 0 Å². The van der Waals surface area contributed by atoms with Crippen molar-refractivity contribution in [3.05, 3.63) is 188 Å². The molecule has 2 heteroatoms. The molecule has 0 unspecified atom stereocenters. The predicted molar refractivity (Wildman–Crippen MR) is 202 cm³/mol. The van der Waals surface area contributed by atoms with E-state index in [9.17, 15) is 0 Å². The van der Waals surface area contributed by atoms with Gasteiger partial charge in [-0.3, -0.25) is 0 Å². The van der Waals surface area contributed by atoms with E-state index in [2.05, 4.69) is 181 Å². The van der Waals surface area contributed by atoms with E-state index < -0.39 is 0 Å². The van der Waals surface area contributed by atoms with Crippen molar-refractivity contribution in [2.24, 2.45) is 0 Å². The first-order valence-electron chi connectivity index (χ1n) is 16.3. The highest BCUT2D eigenvalue weighted by Gasteiger charge is 2.14. The molecule has 0 saturated heterocycles. The van der Waals surface area contributed by atoms with Crippen LogP contribution >= 0.6 is 0 Å². The Labute approximate surface area is 279 Å². The number of nitrogens with zero attached hydrogens (tertiary/aromatic N) is 1. The van der Waals surface area contributed by atoms with Crippen molar-refractivity contribution >= 4 is 49.8 Å². The minimum Gasteiger partial charge on any atom is -0.456 e. The van der Waals surface area contributed by atoms with E-state index in [0.29, 0.717) is 0 Å². The monoisotopic (exact) mass is 613 g/mol. The highest BCUT2D eigenvalue weighted by atomic mass is 16.3. The summed E-state index contributed by atoms with van der Waals surface area (Å²) < 4.78 is 6.11. The van der Waals surface area contributed by atoms with Crippen molar-refractivity contribution in [1.82, 2.24) is 0 Å². The first kappa shape index (κ1) is 27.9. The van der Waals surface area contributed by atoms with Crippen molar-refractivity contribution in [3.8, 4) is 33.4 Å². The first-order valence-corrected chi connectivity index (χ1v) is 16.3. The van der Waals surface area contributed by atoms with Crippen LogP contribution in [0.2, 0.25) is 0 Å². The van der Waals surface area contributed by atoms with Gasteiger partial charge in [0, 0.05) is 27.8 Å². The van der Waals surface area contributed by atoms with Crippen molar-refractivity contribution < 1.29 is 4.42 Å². The maximum Gasteiger partial charge on any atom is 0.136 e. The lowest BCUT2D eigenvalue weighted by atomic mass is 9.96. The summed E-state index contributed by atoms with van der Waals surface area (Å²) in [5, 5.41) is 4.77. The van der Waals surface area contributed by atoms with Gasteiger partial charge in [-0.15, -0.1) is 0 Å². The van der Waals surface area contributed by atoms with Crippen molar-refractivity contribution in [2.45, 2.75) is 0 Å². The third kappa shape index (κ3) is 5.01. The summed E-state index contributed by atoms with van der Waals surface area (Å²) in [6, 6.07) is 66.9. The minimum absolute atomic E-state index is 0.929. The summed E-state index contributed by atoms with van der Waals surface area (Å²) in [5.74, 6) is 0. The van der Waals surface area contributed by atoms with Crippen LogP contribution in [0.4, 0.5) is 17.1 Å². The van der Waals surface area contributed by atoms with E-state index >= 15 is 0 Å². The number of anilines is 3. The SMILES string of the molecule is c1ccc(-c2ccc(N(c3ccccc3)c3ccc(-c4ccc(-c5ccc6c(ccc7oc8ccccc8c76)c5)cc4)cc3)cc2)cc1. The molecule has 1 aromatic heterocycles. The number of hydrogen-bond acceptors (Lipinski definition) is 2. The van der Waals surface area contributed by atoms with Crippen LogP contribution in [0.5, 0.6) is 0 Å². The Morgan fingerprint density at radius 1 is 0.312 bits per heavy atom. The molecule has 2 nitrogen and oxygen atoms in total. The van der Waals surface area contributed by atoms with Crippen molar-refractivity contribution in [1.29, 1.82) is 0 Å². The summed E-state index contributed by atoms with van der Waals surface area (Å²) in [5.41, 5.74) is 12.4. The van der Waals surface area contributed by atoms with E-state index in [1.54, 1.807) is 0 Å². The molecule has 0 amide bonds. The number of benzene rings is 8. The molecule has 0 N–H and O–H groups in total. The molecular formula is C46H31NO. The average molecular weight is 614 g/mol. The molecule has 0 saturated carbocycles. The summed E-state index contributed by atoms with van der Waals surface area (Å²) >= 11 is 0. The summed E-state index contributed by atoms with van der Waals surface area (Å²) in [4.78, 5) is 2.31. The van der Waals surface area contributed by atoms with Crippen LogP contribution in [0.25, 0.3) is 66.1 Å². The largest absolute Gasteiger partial charge is 0.456 e. The van der Waals surface area contributed by atoms with Gasteiger partial charge in [-0.2, -0.15) is 0 Å². The smallest absolute Gasteiger partial charge is 0.136 e. The Kier molecular flexibility index (Phi) is 6.84. The van der Waals surface area contributed by atoms with Crippen LogP contribution < -0.4 is 4.90 Å². The Hall–Kier alpha value is -6.38. The lowest BCUT2D eigenvalue weighted by molar-refractivity contribution is 0.669. The predicted octanol–water partition coefficient (Wildman–Crippen LogP) is 13.2. The maximum absolute atomic E-state index is 6.11. The number of fused-ring (bicyclic) bond motifs is 5. The molecule has 1 heterocycles. The molecular weight excluding hydrogens is 583 g/mol. The second-order valence-electron chi connectivity index (χ2n) is 12.2. The lowest BCUT2D eigenvalue weighted by Gasteiger charge is -2.26. The van der Waals surface area contributed by atoms with Gasteiger partial charge in [0.1, 0.15) is 11.2 Å². The lowest BCUT2D eigenvalue weighted by Crippen LogP contribution is -2.09. The third-order valence-corrected chi connectivity index (χ3v) is 9.28. The summed E-state index contributed by atoms with van der Waals surface area (Å²) in [6.45, 7) is 0. The molecule has 8 aromatic carbocycles. The van der Waals surface area contributed by atoms with Crippen LogP contribution in [0.3, 0.4) is 0 Å². The van der Waals surface area contributed by atoms with Crippen LogP contribution in [-0.2, 0) is 0 Å². The molecule has 0 aliphatic heterocycles. The molecule has 0 atom stereocenters. The van der Waals surface area contributed by atoms with Crippen LogP contribution in [0.15, 0.2) is 192 Å². The van der Waals surface area contributed by atoms with Gasteiger partial charge in [0.25, 0.3) is 0 Å². The average Bonchev–Trinajstić information content (AvgIpc) is 3.56. The van der Waals surface area contributed by atoms with Crippen molar-refractivity contribution in [3.63, 3.8) is 0 Å². The van der Waals surface area contributed by atoms with E-state index in [-0.39, 0.29) is 0 Å². The Balaban J connectivity index is 1.00. The highest BCUT2D eigenvalue weighted by molar-refractivity contribution is 6.19. The standard InChI is InChI=1S/C46H31NO/c1-3-9-32(10-4-1)34-19-25-40(26-20-34)47(39-11-5-2-6-12-39)41-27-21-35(22-28-41)33-15-17-36(18-16-33)37-23-29-42-38(31-37)24-30-45-46(42)43-13-7-8-14-44(43)48-45/h1-31H. The number of hydrogen-bond donors (Lipinski definition) is 0. The normalized spacial score (nSPS) is 11.3. The van der Waals surface area contributed by atoms with E-state index in [1.807, 2.05) is 12.1 Å². The quantitative estimate of drug-likeness (QED) is 0.185. The molecule has 226 valence electrons. The van der Waals surface area contributed by atoms with Crippen LogP contribution in [0, 0.1) is 0 Å². The molecule has 0 bridgehead atoms. The topological polar surface area (TPSA) is 16.4 Å². The fraction of sp³-hybridized carbons (Fsp3) is 0. The van der Waals surface area contributed by atoms with Gasteiger partial charge in [-0.05, 0) is 98.8 Å². The minimum atomic E-state index is 0.929. The number of rotatable bonds is 6. The van der Waals surface area contributed by atoms with Gasteiger partial charge >= 0.3 is 0 Å². The molecule has 0 radical (unpaired) electrons. The highest BCUT2D eigenvalue weighted by Crippen LogP contribution is 2.38. The number of para-hydroxylation sites is 2. The Morgan fingerprint density at radius 3 is 1.44 bits per heavy atom. The molecule has 0 fully saturated rings. The zero-order valence-corrected chi connectivity index (χ0v) is 26.3. The third-order valence-electron chi connectivity index (χ3n) is 9.28. The Bertz CT molecular complexity index is 2510. The molecule has 48 heavy (non-hydrogen) atoms. The molecule has 0 aliphatic rings. The van der Waals surface area contributed by atoms with Gasteiger partial charge in [-0.25, -0.2) is 0 Å². The maximum atomic E-state index is 6.11. The fourth-order valence-corrected chi connectivity index (χ4v) is 6.85. The van der Waals surface area contributed by atoms with Gasteiger partial charge in [0.2, 0.25) is 0 Å². The molecule has 9 aromatic rings. The second kappa shape index (κ2) is 11.8. The molecule has 0 spiro atoms. The van der Waals surface area contributed by atoms with E-state index in [4.69, 9.17) is 4.42 Å². The zero-order chi connectivity index (χ0) is 31.9. The Morgan fingerprint density at radius 2 is 0.792 bits per heavy atom. The van der Waals surface area contributed by atoms with Gasteiger partial charge in [0.15, 0.2) is 0 Å². The van der Waals surface area contributed by atoms with Crippen molar-refractivity contribution in [2.75, 3.05) is 4.90 Å². The second-order valence-corrected chi connectivity index (χ2v) is 12.2. The van der Waals surface area contributed by atoms with Gasteiger partial charge in [-0.1, -0.05) is 133 Å². The zero-order valence-electron chi connectivity index (χ0n) is 26.3. The summed E-state index contributed by atoms with van der Waals surface area (Å²) in [6.07, 6.45) is 0. The number of furan rings is 1. The van der Waals surface area contributed by atoms with E-state index in [0.717, 1.165) is 33.6 Å². The molecule has 0 aliphatic carbocycles. The van der Waals surface area contributed by atoms with E-state index in [1.165, 1.54) is 49.5 Å². The fourth-order valence-electron chi connectivity index (χ4n) is 6.85.